The van der Waals surface area contributed by atoms with Crippen molar-refractivity contribution in [3.8, 4) is 5.88 Å². The van der Waals surface area contributed by atoms with Crippen LogP contribution in [0.15, 0.2) is 6.07 Å². The maximum Gasteiger partial charge on any atom is 0.218 e. The largest absolute Gasteiger partial charge is 0.477 e. The molecule has 0 aromatic carbocycles. The van der Waals surface area contributed by atoms with Crippen LogP contribution >= 0.6 is 0 Å². The molecular weight excluding hydrogens is 226 g/mol. The second kappa shape index (κ2) is 6.57. The van der Waals surface area contributed by atoms with E-state index in [0.29, 0.717) is 11.8 Å². The smallest absolute Gasteiger partial charge is 0.218 e. The Labute approximate surface area is 109 Å². The van der Waals surface area contributed by atoms with Crippen LogP contribution < -0.4 is 10.1 Å². The summed E-state index contributed by atoms with van der Waals surface area (Å²) in [6, 6.07) is 1.90. The van der Waals surface area contributed by atoms with Crippen molar-refractivity contribution in [2.75, 3.05) is 18.5 Å². The molecule has 0 spiro atoms. The van der Waals surface area contributed by atoms with Crippen LogP contribution in [-0.4, -0.2) is 23.1 Å². The summed E-state index contributed by atoms with van der Waals surface area (Å²) in [5.74, 6) is 3.14. The van der Waals surface area contributed by atoms with Gasteiger partial charge in [0.15, 0.2) is 0 Å². The molecule has 0 saturated heterocycles. The summed E-state index contributed by atoms with van der Waals surface area (Å²) in [6.45, 7) is 5.78. The number of aromatic nitrogens is 2. The topological polar surface area (TPSA) is 47.0 Å². The van der Waals surface area contributed by atoms with Gasteiger partial charge in [-0.2, -0.15) is 4.98 Å². The van der Waals surface area contributed by atoms with Crippen LogP contribution in [0.1, 0.15) is 45.4 Å². The average molecular weight is 249 g/mol. The molecule has 4 heteroatoms. The van der Waals surface area contributed by atoms with Gasteiger partial charge in [0.25, 0.3) is 0 Å². The van der Waals surface area contributed by atoms with Gasteiger partial charge in [0.2, 0.25) is 5.88 Å². The van der Waals surface area contributed by atoms with Gasteiger partial charge < -0.3 is 10.1 Å². The Kier molecular flexibility index (Phi) is 4.79. The number of hydrogen-bond donors (Lipinski definition) is 1. The van der Waals surface area contributed by atoms with Crippen molar-refractivity contribution in [3.63, 3.8) is 0 Å². The fraction of sp³-hybridized carbons (Fsp3) is 0.714. The summed E-state index contributed by atoms with van der Waals surface area (Å²) in [7, 11) is 0. The maximum absolute atomic E-state index is 5.83. The van der Waals surface area contributed by atoms with E-state index in [0.717, 1.165) is 31.2 Å². The molecule has 1 N–H and O–H groups in total. The highest BCUT2D eigenvalue weighted by Gasteiger charge is 2.16. The van der Waals surface area contributed by atoms with E-state index in [1.54, 1.807) is 0 Å². The molecule has 1 heterocycles. The minimum Gasteiger partial charge on any atom is -0.477 e. The van der Waals surface area contributed by atoms with Crippen molar-refractivity contribution in [1.29, 1.82) is 0 Å². The third kappa shape index (κ3) is 3.59. The van der Waals surface area contributed by atoms with E-state index in [9.17, 15) is 0 Å². The molecule has 4 nitrogen and oxygen atoms in total. The van der Waals surface area contributed by atoms with Gasteiger partial charge in [-0.05, 0) is 25.7 Å². The number of rotatable bonds is 6. The van der Waals surface area contributed by atoms with Gasteiger partial charge in [-0.3, -0.25) is 0 Å². The highest BCUT2D eigenvalue weighted by Crippen LogP contribution is 2.25. The predicted molar refractivity (Wildman–Crippen MR) is 73.0 cm³/mol. The average Bonchev–Trinajstić information content (AvgIpc) is 2.89. The van der Waals surface area contributed by atoms with Crippen LogP contribution in [0.4, 0.5) is 5.82 Å². The fourth-order valence-electron chi connectivity index (χ4n) is 2.36. The zero-order valence-corrected chi connectivity index (χ0v) is 11.4. The normalized spacial score (nSPS) is 15.9. The van der Waals surface area contributed by atoms with E-state index < -0.39 is 0 Å². The molecule has 1 aliphatic rings. The van der Waals surface area contributed by atoms with Gasteiger partial charge in [-0.1, -0.05) is 19.8 Å². The van der Waals surface area contributed by atoms with Crippen LogP contribution in [0.2, 0.25) is 0 Å². The molecule has 1 aliphatic carbocycles. The molecular formula is C14H23N3O. The van der Waals surface area contributed by atoms with E-state index in [-0.39, 0.29) is 0 Å². The second-order valence-electron chi connectivity index (χ2n) is 4.85. The highest BCUT2D eigenvalue weighted by molar-refractivity contribution is 5.38. The lowest BCUT2D eigenvalue weighted by atomic mass is 10.1. The molecule has 1 fully saturated rings. The number of hydrogen-bond acceptors (Lipinski definition) is 4. The molecule has 1 saturated carbocycles. The Balaban J connectivity index is 1.98. The number of nitrogens with one attached hydrogen (secondary N) is 1. The zero-order chi connectivity index (χ0) is 12.8. The molecule has 100 valence electrons. The molecule has 0 radical (unpaired) electrons. The molecule has 0 unspecified atom stereocenters. The fourth-order valence-corrected chi connectivity index (χ4v) is 2.36. The van der Waals surface area contributed by atoms with Gasteiger partial charge in [-0.25, -0.2) is 4.98 Å². The second-order valence-corrected chi connectivity index (χ2v) is 4.85. The SMILES string of the molecule is CCNc1cc(OCC2CCCC2)nc(CC)n1. The lowest BCUT2D eigenvalue weighted by Crippen LogP contribution is -2.11. The van der Waals surface area contributed by atoms with E-state index in [1.807, 2.05) is 6.07 Å². The molecule has 2 rings (SSSR count). The molecule has 1 aromatic heterocycles. The van der Waals surface area contributed by atoms with Crippen LogP contribution in [0, 0.1) is 5.92 Å². The number of ether oxygens (including phenoxy) is 1. The Bertz CT molecular complexity index is 375. The first-order valence-electron chi connectivity index (χ1n) is 7.06. The summed E-state index contributed by atoms with van der Waals surface area (Å²) in [6.07, 6.45) is 6.12. The monoisotopic (exact) mass is 249 g/mol. The van der Waals surface area contributed by atoms with Gasteiger partial charge in [0.1, 0.15) is 11.6 Å². The summed E-state index contributed by atoms with van der Waals surface area (Å²) in [5.41, 5.74) is 0. The highest BCUT2D eigenvalue weighted by atomic mass is 16.5. The van der Waals surface area contributed by atoms with E-state index >= 15 is 0 Å². The molecule has 0 bridgehead atoms. The molecule has 1 aromatic rings. The van der Waals surface area contributed by atoms with E-state index in [4.69, 9.17) is 4.74 Å². The first-order chi connectivity index (χ1) is 8.81. The minimum atomic E-state index is 0.713. The van der Waals surface area contributed by atoms with Crippen LogP contribution in [0.3, 0.4) is 0 Å². The lowest BCUT2D eigenvalue weighted by molar-refractivity contribution is 0.242. The van der Waals surface area contributed by atoms with Gasteiger partial charge in [0.05, 0.1) is 6.61 Å². The van der Waals surface area contributed by atoms with Crippen LogP contribution in [0.25, 0.3) is 0 Å². The quantitative estimate of drug-likeness (QED) is 0.841. The summed E-state index contributed by atoms with van der Waals surface area (Å²) >= 11 is 0. The summed E-state index contributed by atoms with van der Waals surface area (Å²) in [4.78, 5) is 8.84. The number of nitrogens with zero attached hydrogens (tertiary/aromatic N) is 2. The van der Waals surface area contributed by atoms with E-state index in [2.05, 4.69) is 29.1 Å². The summed E-state index contributed by atoms with van der Waals surface area (Å²) in [5, 5.41) is 3.22. The van der Waals surface area contributed by atoms with Crippen molar-refractivity contribution in [1.82, 2.24) is 9.97 Å². The van der Waals surface area contributed by atoms with E-state index in [1.165, 1.54) is 25.7 Å². The molecule has 0 amide bonds. The predicted octanol–water partition coefficient (Wildman–Crippen LogP) is 3.04. The first-order valence-corrected chi connectivity index (χ1v) is 7.06. The number of anilines is 1. The molecule has 18 heavy (non-hydrogen) atoms. The minimum absolute atomic E-state index is 0.713. The van der Waals surface area contributed by atoms with Crippen molar-refractivity contribution in [2.45, 2.75) is 46.0 Å². The lowest BCUT2D eigenvalue weighted by Gasteiger charge is -2.12. The Morgan fingerprint density at radius 2 is 2.06 bits per heavy atom. The maximum atomic E-state index is 5.83. The van der Waals surface area contributed by atoms with Gasteiger partial charge in [-0.15, -0.1) is 0 Å². The third-order valence-electron chi connectivity index (χ3n) is 3.36. The first kappa shape index (κ1) is 13.1. The Morgan fingerprint density at radius 1 is 1.28 bits per heavy atom. The van der Waals surface area contributed by atoms with Crippen LogP contribution in [-0.2, 0) is 6.42 Å². The van der Waals surface area contributed by atoms with Crippen molar-refractivity contribution in [3.05, 3.63) is 11.9 Å². The standard InChI is InChI=1S/C14H23N3O/c1-3-12-16-13(15-4-2)9-14(17-12)18-10-11-7-5-6-8-11/h9,11H,3-8,10H2,1-2H3,(H,15,16,17). The van der Waals surface area contributed by atoms with Gasteiger partial charge in [0, 0.05) is 19.0 Å². The Hall–Kier alpha value is -1.32. The summed E-state index contributed by atoms with van der Waals surface area (Å²) < 4.78 is 5.83. The zero-order valence-electron chi connectivity index (χ0n) is 11.4. The van der Waals surface area contributed by atoms with Crippen LogP contribution in [0.5, 0.6) is 5.88 Å². The molecule has 0 aliphatic heterocycles. The third-order valence-corrected chi connectivity index (χ3v) is 3.36. The van der Waals surface area contributed by atoms with Crippen molar-refractivity contribution in [2.24, 2.45) is 5.92 Å². The van der Waals surface area contributed by atoms with Crippen molar-refractivity contribution < 1.29 is 4.74 Å². The molecule has 0 atom stereocenters. The van der Waals surface area contributed by atoms with Gasteiger partial charge >= 0.3 is 0 Å². The number of aryl methyl sites for hydroxylation is 1. The Morgan fingerprint density at radius 3 is 2.72 bits per heavy atom. The van der Waals surface area contributed by atoms with Crippen molar-refractivity contribution >= 4 is 5.82 Å².